The predicted molar refractivity (Wildman–Crippen MR) is 62.8 cm³/mol. The molecule has 0 aliphatic rings. The van der Waals surface area contributed by atoms with Gasteiger partial charge in [0, 0.05) is 12.3 Å². The average Bonchev–Trinajstić information content (AvgIpc) is 2.15. The Morgan fingerprint density at radius 2 is 2.36 bits per heavy atom. The topological polar surface area (TPSA) is 46.5 Å². The van der Waals surface area contributed by atoms with Crippen LogP contribution in [0.1, 0.15) is 20.3 Å². The molecule has 1 unspecified atom stereocenters. The molecule has 0 heterocycles. The number of halogens is 1. The van der Waals surface area contributed by atoms with Gasteiger partial charge in [0.15, 0.2) is 0 Å². The van der Waals surface area contributed by atoms with Crippen LogP contribution in [0.15, 0.2) is 9.66 Å². The van der Waals surface area contributed by atoms with Gasteiger partial charge in [-0.25, -0.2) is 4.79 Å². The van der Waals surface area contributed by atoms with E-state index >= 15 is 0 Å². The number of hydrogen-bond donors (Lipinski definition) is 1. The fraction of sp³-hybridized carbons (Fsp3) is 0.500. The second-order valence-electron chi connectivity index (χ2n) is 2.67. The number of aliphatic hydroxyl groups excluding tert-OH is 1. The molecule has 0 spiro atoms. The lowest BCUT2D eigenvalue weighted by molar-refractivity contribution is -0.136. The highest BCUT2D eigenvalue weighted by Crippen LogP contribution is 2.06. The Kier molecular flexibility index (Phi) is 7.52. The highest BCUT2D eigenvalue weighted by atomic mass is 127. The van der Waals surface area contributed by atoms with Crippen molar-refractivity contribution >= 4 is 28.6 Å². The normalized spacial score (nSPS) is 12.7. The summed E-state index contributed by atoms with van der Waals surface area (Å²) in [5.41, 5.74) is 1.02. The van der Waals surface area contributed by atoms with Gasteiger partial charge in [-0.05, 0) is 17.9 Å². The molecule has 78 valence electrons. The molecule has 1 N–H and O–H groups in total. The minimum atomic E-state index is -0.801. The first-order valence-corrected chi connectivity index (χ1v) is 5.47. The number of aliphatic hydroxyl groups is 1. The molecular weight excluding hydrogens is 295 g/mol. The zero-order valence-electron chi connectivity index (χ0n) is 8.21. The van der Waals surface area contributed by atoms with Crippen molar-refractivity contribution in [1.82, 2.24) is 0 Å². The number of carbonyl (C=O) groups excluding carboxylic acids is 1. The average molecular weight is 308 g/mol. The molecule has 0 radical (unpaired) electrons. The van der Waals surface area contributed by atoms with Crippen molar-refractivity contribution in [3.63, 3.8) is 0 Å². The highest BCUT2D eigenvalue weighted by molar-refractivity contribution is 14.1. The van der Waals surface area contributed by atoms with Gasteiger partial charge < -0.3 is 9.84 Å². The van der Waals surface area contributed by atoms with Crippen LogP contribution in [0.3, 0.4) is 0 Å². The molecule has 0 fully saturated rings. The zero-order valence-corrected chi connectivity index (χ0v) is 10.4. The molecule has 0 saturated carbocycles. The first kappa shape index (κ1) is 13.5. The quantitative estimate of drug-likeness (QED) is 0.373. The molecule has 3 nitrogen and oxygen atoms in total. The Hall–Kier alpha value is -0.540. The molecule has 0 amide bonds. The first-order chi connectivity index (χ1) is 6.60. The maximum absolute atomic E-state index is 10.8. The maximum Gasteiger partial charge on any atom is 0.384 e. The summed E-state index contributed by atoms with van der Waals surface area (Å²) in [6, 6.07) is 0. The third kappa shape index (κ3) is 6.92. The van der Waals surface area contributed by atoms with Crippen LogP contribution in [-0.4, -0.2) is 23.8 Å². The van der Waals surface area contributed by atoms with Crippen molar-refractivity contribution in [2.45, 2.75) is 26.4 Å². The van der Waals surface area contributed by atoms with E-state index in [9.17, 15) is 9.90 Å². The lowest BCUT2D eigenvalue weighted by atomic mass is 10.1. The van der Waals surface area contributed by atoms with Crippen molar-refractivity contribution in [3.05, 3.63) is 9.66 Å². The second-order valence-corrected chi connectivity index (χ2v) is 3.29. The van der Waals surface area contributed by atoms with Gasteiger partial charge in [-0.1, -0.05) is 34.1 Å². The summed E-state index contributed by atoms with van der Waals surface area (Å²) in [5.74, 6) is 4.05. The number of ether oxygens (including phenoxy) is 1. The Balaban J connectivity index is 4.03. The van der Waals surface area contributed by atoms with Crippen molar-refractivity contribution < 1.29 is 14.6 Å². The molecule has 4 heteroatoms. The van der Waals surface area contributed by atoms with E-state index in [0.29, 0.717) is 13.0 Å². The van der Waals surface area contributed by atoms with Gasteiger partial charge in [-0.3, -0.25) is 0 Å². The largest absolute Gasteiger partial charge is 0.456 e. The standard InChI is InChI=1S/C10H13IO3/c1-3-14-10(13)5-4-9(12)6-8(2)7-11/h7,9,12H,3,6H2,1-2H3/b8-7-. The lowest BCUT2D eigenvalue weighted by Gasteiger charge is -2.01. The Morgan fingerprint density at radius 3 is 2.86 bits per heavy atom. The van der Waals surface area contributed by atoms with Gasteiger partial charge in [0.2, 0.25) is 0 Å². The third-order valence-electron chi connectivity index (χ3n) is 1.32. The molecular formula is C10H13IO3. The van der Waals surface area contributed by atoms with E-state index in [1.54, 1.807) is 6.92 Å². The van der Waals surface area contributed by atoms with Crippen LogP contribution >= 0.6 is 22.6 Å². The fourth-order valence-corrected chi connectivity index (χ4v) is 0.964. The summed E-state index contributed by atoms with van der Waals surface area (Å²) in [5, 5.41) is 9.34. The number of carbonyl (C=O) groups is 1. The van der Waals surface area contributed by atoms with Gasteiger partial charge in [0.05, 0.1) is 6.61 Å². The van der Waals surface area contributed by atoms with Crippen LogP contribution in [0, 0.1) is 11.8 Å². The van der Waals surface area contributed by atoms with Gasteiger partial charge >= 0.3 is 5.97 Å². The zero-order chi connectivity index (χ0) is 11.0. The van der Waals surface area contributed by atoms with Crippen LogP contribution in [0.25, 0.3) is 0 Å². The van der Waals surface area contributed by atoms with Crippen molar-refractivity contribution in [1.29, 1.82) is 0 Å². The van der Waals surface area contributed by atoms with E-state index in [1.807, 2.05) is 11.0 Å². The number of hydrogen-bond acceptors (Lipinski definition) is 3. The Bertz CT molecular complexity index is 273. The van der Waals surface area contributed by atoms with Crippen molar-refractivity contribution in [2.75, 3.05) is 6.61 Å². The minimum Gasteiger partial charge on any atom is -0.456 e. The van der Waals surface area contributed by atoms with Crippen molar-refractivity contribution in [2.24, 2.45) is 0 Å². The fourth-order valence-electron chi connectivity index (χ4n) is 0.710. The highest BCUT2D eigenvalue weighted by Gasteiger charge is 2.01. The van der Waals surface area contributed by atoms with Gasteiger partial charge in [0.25, 0.3) is 0 Å². The molecule has 0 rings (SSSR count). The smallest absolute Gasteiger partial charge is 0.384 e. The third-order valence-corrected chi connectivity index (χ3v) is 2.38. The van der Waals surface area contributed by atoms with Gasteiger partial charge in [0.1, 0.15) is 6.10 Å². The molecule has 0 bridgehead atoms. The molecule has 1 atom stereocenters. The summed E-state index contributed by atoms with van der Waals surface area (Å²) >= 11 is 2.09. The summed E-state index contributed by atoms with van der Waals surface area (Å²) in [7, 11) is 0. The second kappa shape index (κ2) is 7.83. The Morgan fingerprint density at radius 1 is 1.71 bits per heavy atom. The van der Waals surface area contributed by atoms with Gasteiger partial charge in [-0.15, -0.1) is 0 Å². The van der Waals surface area contributed by atoms with E-state index in [2.05, 4.69) is 39.2 Å². The number of esters is 1. The van der Waals surface area contributed by atoms with Crippen LogP contribution in [-0.2, 0) is 9.53 Å². The van der Waals surface area contributed by atoms with E-state index in [1.165, 1.54) is 0 Å². The molecule has 14 heavy (non-hydrogen) atoms. The van der Waals surface area contributed by atoms with Gasteiger partial charge in [-0.2, -0.15) is 0 Å². The van der Waals surface area contributed by atoms with Crippen LogP contribution < -0.4 is 0 Å². The summed E-state index contributed by atoms with van der Waals surface area (Å²) in [4.78, 5) is 10.8. The van der Waals surface area contributed by atoms with Crippen LogP contribution in [0.2, 0.25) is 0 Å². The molecule has 0 aromatic carbocycles. The molecule has 0 aliphatic carbocycles. The van der Waals surface area contributed by atoms with E-state index in [-0.39, 0.29) is 0 Å². The Labute approximate surface area is 97.7 Å². The van der Waals surface area contributed by atoms with E-state index < -0.39 is 12.1 Å². The summed E-state index contributed by atoms with van der Waals surface area (Å²) in [6.45, 7) is 3.90. The predicted octanol–water partition coefficient (Wildman–Crippen LogP) is 1.64. The maximum atomic E-state index is 10.8. The number of rotatable bonds is 3. The first-order valence-electron chi connectivity index (χ1n) is 4.22. The van der Waals surface area contributed by atoms with E-state index in [4.69, 9.17) is 0 Å². The molecule has 0 aliphatic heterocycles. The van der Waals surface area contributed by atoms with Crippen molar-refractivity contribution in [3.8, 4) is 11.8 Å². The lowest BCUT2D eigenvalue weighted by Crippen LogP contribution is -2.06. The molecule has 0 saturated heterocycles. The SMILES string of the molecule is CCOC(=O)C#CC(O)C/C(C)=C\I. The molecule has 0 aromatic rings. The summed E-state index contributed by atoms with van der Waals surface area (Å²) in [6.07, 6.45) is -0.347. The summed E-state index contributed by atoms with van der Waals surface area (Å²) < 4.78 is 6.45. The monoisotopic (exact) mass is 308 g/mol. The van der Waals surface area contributed by atoms with E-state index in [0.717, 1.165) is 5.57 Å². The van der Waals surface area contributed by atoms with Crippen LogP contribution in [0.4, 0.5) is 0 Å². The molecule has 0 aromatic heterocycles. The van der Waals surface area contributed by atoms with Crippen LogP contribution in [0.5, 0.6) is 0 Å². The minimum absolute atomic E-state index is 0.302.